The second kappa shape index (κ2) is 10.8. The Morgan fingerprint density at radius 2 is 1.50 bits per heavy atom. The minimum Gasteiger partial charge on any atom is -0.465 e. The normalized spacial score (nSPS) is 11.2. The Morgan fingerprint density at radius 3 is 1.92 bits per heavy atom. The Balaban J connectivity index is 3.00. The molecule has 0 aliphatic rings. The van der Waals surface area contributed by atoms with E-state index in [4.69, 9.17) is 15.2 Å². The van der Waals surface area contributed by atoms with Crippen LogP contribution in [0.1, 0.15) is 64.9 Å². The highest BCUT2D eigenvalue weighted by atomic mass is 19.1. The summed E-state index contributed by atoms with van der Waals surface area (Å²) in [5, 5.41) is 0. The summed E-state index contributed by atoms with van der Waals surface area (Å²) in [6.45, 7) is 5.90. The van der Waals surface area contributed by atoms with Crippen LogP contribution in [0.5, 0.6) is 0 Å². The molecule has 146 valence electrons. The van der Waals surface area contributed by atoms with Crippen LogP contribution in [-0.2, 0) is 24.5 Å². The molecule has 0 fully saturated rings. The molecule has 0 bridgehead atoms. The summed E-state index contributed by atoms with van der Waals surface area (Å²) < 4.78 is 24.5. The largest absolute Gasteiger partial charge is 0.465 e. The van der Waals surface area contributed by atoms with Gasteiger partial charge in [-0.05, 0) is 37.5 Å². The van der Waals surface area contributed by atoms with Crippen molar-refractivity contribution in [1.82, 2.24) is 0 Å². The molecular weight excluding hydrogens is 337 g/mol. The molecule has 0 aliphatic heterocycles. The van der Waals surface area contributed by atoms with Crippen molar-refractivity contribution in [2.45, 2.75) is 64.7 Å². The van der Waals surface area contributed by atoms with Gasteiger partial charge in [0.15, 0.2) is 5.41 Å². The molecule has 0 aromatic heterocycles. The van der Waals surface area contributed by atoms with Gasteiger partial charge in [-0.15, -0.1) is 0 Å². The molecule has 0 amide bonds. The van der Waals surface area contributed by atoms with E-state index in [1.165, 1.54) is 19.1 Å². The Bertz CT molecular complexity index is 579. The average molecular weight is 367 g/mol. The lowest BCUT2D eigenvalue weighted by molar-refractivity contribution is -0.164. The van der Waals surface area contributed by atoms with Gasteiger partial charge >= 0.3 is 11.9 Å². The van der Waals surface area contributed by atoms with Crippen molar-refractivity contribution in [3.63, 3.8) is 0 Å². The number of benzene rings is 1. The van der Waals surface area contributed by atoms with Gasteiger partial charge in [-0.2, -0.15) is 0 Å². The SMILES string of the molecule is CCCCCOC(=O)C(C)(C(=O)OCCCCC)c1ccc(N)c(F)c1. The predicted octanol–water partition coefficient (Wildman–Crippen LogP) is 4.13. The van der Waals surface area contributed by atoms with Crippen LogP contribution in [0.4, 0.5) is 10.1 Å². The van der Waals surface area contributed by atoms with Gasteiger partial charge in [0, 0.05) is 0 Å². The fourth-order valence-electron chi connectivity index (χ4n) is 2.48. The highest BCUT2D eigenvalue weighted by Crippen LogP contribution is 2.30. The Kier molecular flexibility index (Phi) is 9.10. The number of hydrogen-bond donors (Lipinski definition) is 1. The van der Waals surface area contributed by atoms with Crippen LogP contribution < -0.4 is 5.73 Å². The number of rotatable bonds is 11. The molecular formula is C20H30FNO4. The summed E-state index contributed by atoms with van der Waals surface area (Å²) in [5.41, 5.74) is 3.89. The summed E-state index contributed by atoms with van der Waals surface area (Å²) in [6.07, 6.45) is 5.22. The summed E-state index contributed by atoms with van der Waals surface area (Å²) in [6, 6.07) is 3.88. The number of anilines is 1. The molecule has 0 radical (unpaired) electrons. The second-order valence-corrected chi connectivity index (χ2v) is 6.55. The van der Waals surface area contributed by atoms with E-state index >= 15 is 0 Å². The van der Waals surface area contributed by atoms with Gasteiger partial charge < -0.3 is 15.2 Å². The van der Waals surface area contributed by atoms with Crippen LogP contribution in [0.2, 0.25) is 0 Å². The van der Waals surface area contributed by atoms with Gasteiger partial charge in [0.05, 0.1) is 18.9 Å². The van der Waals surface area contributed by atoms with E-state index in [1.54, 1.807) is 0 Å². The molecule has 5 nitrogen and oxygen atoms in total. The number of halogens is 1. The third kappa shape index (κ3) is 5.71. The number of unbranched alkanes of at least 4 members (excludes halogenated alkanes) is 4. The third-order valence-electron chi connectivity index (χ3n) is 4.36. The molecule has 0 saturated carbocycles. The van der Waals surface area contributed by atoms with Crippen molar-refractivity contribution in [3.05, 3.63) is 29.6 Å². The fourth-order valence-corrected chi connectivity index (χ4v) is 2.48. The van der Waals surface area contributed by atoms with Gasteiger partial charge in [0.2, 0.25) is 0 Å². The van der Waals surface area contributed by atoms with Crippen LogP contribution in [0, 0.1) is 5.82 Å². The van der Waals surface area contributed by atoms with Crippen molar-refractivity contribution >= 4 is 17.6 Å². The summed E-state index contributed by atoms with van der Waals surface area (Å²) in [7, 11) is 0. The van der Waals surface area contributed by atoms with E-state index in [2.05, 4.69) is 0 Å². The van der Waals surface area contributed by atoms with Crippen LogP contribution in [0.25, 0.3) is 0 Å². The number of carbonyl (C=O) groups excluding carboxylic acids is 2. The molecule has 2 N–H and O–H groups in total. The van der Waals surface area contributed by atoms with E-state index < -0.39 is 23.2 Å². The quantitative estimate of drug-likeness (QED) is 0.275. The molecule has 0 unspecified atom stereocenters. The highest BCUT2D eigenvalue weighted by Gasteiger charge is 2.46. The van der Waals surface area contributed by atoms with E-state index in [0.717, 1.165) is 31.7 Å². The van der Waals surface area contributed by atoms with E-state index in [1.807, 2.05) is 13.8 Å². The van der Waals surface area contributed by atoms with E-state index in [0.29, 0.717) is 12.8 Å². The lowest BCUT2D eigenvalue weighted by Gasteiger charge is -2.26. The Labute approximate surface area is 155 Å². The smallest absolute Gasteiger partial charge is 0.327 e. The molecule has 1 aromatic rings. The lowest BCUT2D eigenvalue weighted by Crippen LogP contribution is -2.44. The minimum absolute atomic E-state index is 0.0521. The molecule has 0 heterocycles. The van der Waals surface area contributed by atoms with Crippen LogP contribution >= 0.6 is 0 Å². The number of nitrogen functional groups attached to an aromatic ring is 1. The van der Waals surface area contributed by atoms with Crippen LogP contribution in [0.3, 0.4) is 0 Å². The monoisotopic (exact) mass is 367 g/mol. The van der Waals surface area contributed by atoms with Crippen molar-refractivity contribution in [1.29, 1.82) is 0 Å². The average Bonchev–Trinajstić information content (AvgIpc) is 2.63. The van der Waals surface area contributed by atoms with Gasteiger partial charge in [-0.1, -0.05) is 45.6 Å². The first-order valence-corrected chi connectivity index (χ1v) is 9.27. The molecule has 0 aliphatic carbocycles. The summed E-state index contributed by atoms with van der Waals surface area (Å²) in [5.74, 6) is -2.16. The first-order chi connectivity index (χ1) is 12.4. The van der Waals surface area contributed by atoms with Crippen LogP contribution in [-0.4, -0.2) is 25.2 Å². The Morgan fingerprint density at radius 1 is 1.00 bits per heavy atom. The summed E-state index contributed by atoms with van der Waals surface area (Å²) in [4.78, 5) is 25.4. The topological polar surface area (TPSA) is 78.6 Å². The molecule has 6 heteroatoms. The standard InChI is InChI=1S/C20H30FNO4/c1-4-6-8-12-25-18(23)20(3,19(24)26-13-9-7-5-2)15-10-11-17(22)16(21)14-15/h10-11,14H,4-9,12-13,22H2,1-3H3. The third-order valence-corrected chi connectivity index (χ3v) is 4.36. The van der Waals surface area contributed by atoms with Gasteiger partial charge in [-0.3, -0.25) is 9.59 Å². The van der Waals surface area contributed by atoms with Gasteiger partial charge in [-0.25, -0.2) is 4.39 Å². The van der Waals surface area contributed by atoms with Crippen molar-refractivity contribution < 1.29 is 23.5 Å². The van der Waals surface area contributed by atoms with E-state index in [9.17, 15) is 14.0 Å². The number of nitrogens with two attached hydrogens (primary N) is 1. The lowest BCUT2D eigenvalue weighted by atomic mass is 9.82. The molecule has 0 saturated heterocycles. The predicted molar refractivity (Wildman–Crippen MR) is 99.1 cm³/mol. The van der Waals surface area contributed by atoms with Gasteiger partial charge in [0.25, 0.3) is 0 Å². The first-order valence-electron chi connectivity index (χ1n) is 9.27. The van der Waals surface area contributed by atoms with Crippen molar-refractivity contribution in [2.24, 2.45) is 0 Å². The zero-order valence-corrected chi connectivity index (χ0v) is 16.0. The fraction of sp³-hybridized carbons (Fsp3) is 0.600. The van der Waals surface area contributed by atoms with Gasteiger partial charge in [0.1, 0.15) is 5.82 Å². The zero-order chi connectivity index (χ0) is 19.6. The Hall–Kier alpha value is -2.11. The second-order valence-electron chi connectivity index (χ2n) is 6.55. The maximum absolute atomic E-state index is 13.9. The first kappa shape index (κ1) is 21.9. The van der Waals surface area contributed by atoms with E-state index in [-0.39, 0.29) is 24.5 Å². The maximum atomic E-state index is 13.9. The molecule has 0 atom stereocenters. The highest BCUT2D eigenvalue weighted by molar-refractivity contribution is 6.06. The number of hydrogen-bond acceptors (Lipinski definition) is 5. The maximum Gasteiger partial charge on any atom is 0.327 e. The molecule has 0 spiro atoms. The molecule has 1 rings (SSSR count). The number of ether oxygens (including phenoxy) is 2. The molecule has 1 aromatic carbocycles. The van der Waals surface area contributed by atoms with Crippen molar-refractivity contribution in [2.75, 3.05) is 18.9 Å². The van der Waals surface area contributed by atoms with Crippen molar-refractivity contribution in [3.8, 4) is 0 Å². The minimum atomic E-state index is -1.73. The zero-order valence-electron chi connectivity index (χ0n) is 16.0. The van der Waals surface area contributed by atoms with Crippen LogP contribution in [0.15, 0.2) is 18.2 Å². The number of carbonyl (C=O) groups is 2. The molecule has 26 heavy (non-hydrogen) atoms. The summed E-state index contributed by atoms with van der Waals surface area (Å²) >= 11 is 0. The number of esters is 2.